The van der Waals surface area contributed by atoms with Crippen LogP contribution >= 0.6 is 11.8 Å². The minimum Gasteiger partial charge on any atom is -0.350 e. The Balaban J connectivity index is 1.17. The van der Waals surface area contributed by atoms with Gasteiger partial charge in [-0.1, -0.05) is 23.9 Å². The second-order valence-electron chi connectivity index (χ2n) is 9.88. The van der Waals surface area contributed by atoms with Crippen LogP contribution in [0.15, 0.2) is 29.4 Å². The molecule has 0 atom stereocenters. The van der Waals surface area contributed by atoms with Crippen LogP contribution in [-0.2, 0) is 22.6 Å². The zero-order valence-corrected chi connectivity index (χ0v) is 19.7. The van der Waals surface area contributed by atoms with Crippen LogP contribution in [0.5, 0.6) is 0 Å². The number of carbonyl (C=O) groups excluding carboxylic acids is 2. The van der Waals surface area contributed by atoms with Crippen LogP contribution in [0.25, 0.3) is 0 Å². The van der Waals surface area contributed by atoms with E-state index in [-0.39, 0.29) is 35.2 Å². The van der Waals surface area contributed by atoms with Gasteiger partial charge in [0.2, 0.25) is 11.8 Å². The summed E-state index contributed by atoms with van der Waals surface area (Å²) in [5.74, 6) is 2.33. The first-order valence-electron chi connectivity index (χ1n) is 11.8. The van der Waals surface area contributed by atoms with Gasteiger partial charge in [-0.2, -0.15) is 0 Å². The van der Waals surface area contributed by atoms with Gasteiger partial charge in [0, 0.05) is 12.1 Å². The fourth-order valence-corrected chi connectivity index (χ4v) is 7.32. The molecule has 4 saturated carbocycles. The van der Waals surface area contributed by atoms with E-state index in [0.29, 0.717) is 17.5 Å². The minimum atomic E-state index is -0.482. The Morgan fingerprint density at radius 3 is 2.39 bits per heavy atom. The van der Waals surface area contributed by atoms with Gasteiger partial charge in [0.1, 0.15) is 11.6 Å². The molecule has 0 spiro atoms. The van der Waals surface area contributed by atoms with Gasteiger partial charge < -0.3 is 15.2 Å². The second kappa shape index (κ2) is 9.08. The van der Waals surface area contributed by atoms with E-state index in [1.54, 1.807) is 12.1 Å². The highest BCUT2D eigenvalue weighted by Crippen LogP contribution is 2.55. The Kier molecular flexibility index (Phi) is 6.16. The topological polar surface area (TPSA) is 88.9 Å². The molecular formula is C24H30FN5O2S. The number of benzene rings is 1. The molecular weight excluding hydrogens is 441 g/mol. The average Bonchev–Trinajstić information content (AvgIpc) is 3.14. The SMILES string of the molecule is CCn1c(CC(=O)Nc2ccccc2F)nnc1SCC(=O)NC12CC3CC(CC(C3)C1)C2. The lowest BCUT2D eigenvalue weighted by Gasteiger charge is -2.56. The third kappa shape index (κ3) is 4.78. The molecule has 0 unspecified atom stereocenters. The van der Waals surface area contributed by atoms with E-state index in [1.165, 1.54) is 43.2 Å². The summed E-state index contributed by atoms with van der Waals surface area (Å²) in [6, 6.07) is 6.05. The molecule has 2 aromatic rings. The summed E-state index contributed by atoms with van der Waals surface area (Å²) >= 11 is 1.35. The summed E-state index contributed by atoms with van der Waals surface area (Å²) in [4.78, 5) is 25.2. The molecule has 4 aliphatic rings. The molecule has 7 nitrogen and oxygen atoms in total. The first-order valence-corrected chi connectivity index (χ1v) is 12.8. The maximum absolute atomic E-state index is 13.8. The number of nitrogens with zero attached hydrogens (tertiary/aromatic N) is 3. The van der Waals surface area contributed by atoms with Crippen LogP contribution in [0.4, 0.5) is 10.1 Å². The molecule has 1 heterocycles. The number of anilines is 1. The molecule has 0 saturated heterocycles. The molecule has 0 aliphatic heterocycles. The third-order valence-corrected chi connectivity index (χ3v) is 8.32. The normalized spacial score (nSPS) is 27.5. The van der Waals surface area contributed by atoms with Gasteiger partial charge >= 0.3 is 0 Å². The van der Waals surface area contributed by atoms with Gasteiger partial charge in [-0.15, -0.1) is 10.2 Å². The summed E-state index contributed by atoms with van der Waals surface area (Å²) in [5, 5.41) is 14.9. The quantitative estimate of drug-likeness (QED) is 0.572. The Hall–Kier alpha value is -2.42. The second-order valence-corrected chi connectivity index (χ2v) is 10.8. The van der Waals surface area contributed by atoms with Crippen molar-refractivity contribution in [3.8, 4) is 0 Å². The zero-order chi connectivity index (χ0) is 23.0. The Bertz CT molecular complexity index is 1020. The molecule has 0 radical (unpaired) electrons. The van der Waals surface area contributed by atoms with Crippen LogP contribution in [-0.4, -0.2) is 37.9 Å². The Morgan fingerprint density at radius 2 is 1.76 bits per heavy atom. The third-order valence-electron chi connectivity index (χ3n) is 7.35. The Labute approximate surface area is 197 Å². The first kappa shape index (κ1) is 22.4. The van der Waals surface area contributed by atoms with Crippen molar-refractivity contribution >= 4 is 29.3 Å². The van der Waals surface area contributed by atoms with E-state index < -0.39 is 5.82 Å². The van der Waals surface area contributed by atoms with Gasteiger partial charge in [0.05, 0.1) is 17.9 Å². The van der Waals surface area contributed by atoms with E-state index in [4.69, 9.17) is 0 Å². The molecule has 1 aromatic carbocycles. The van der Waals surface area contributed by atoms with Gasteiger partial charge in [0.25, 0.3) is 0 Å². The molecule has 2 amide bonds. The largest absolute Gasteiger partial charge is 0.350 e. The van der Waals surface area contributed by atoms with Crippen molar-refractivity contribution in [2.45, 2.75) is 69.1 Å². The number of hydrogen-bond acceptors (Lipinski definition) is 5. The maximum Gasteiger partial charge on any atom is 0.232 e. The van der Waals surface area contributed by atoms with Gasteiger partial charge in [0.15, 0.2) is 5.16 Å². The van der Waals surface area contributed by atoms with Crippen LogP contribution < -0.4 is 10.6 Å². The lowest BCUT2D eigenvalue weighted by molar-refractivity contribution is -0.124. The monoisotopic (exact) mass is 471 g/mol. The molecule has 33 heavy (non-hydrogen) atoms. The number of hydrogen-bond donors (Lipinski definition) is 2. The number of para-hydroxylation sites is 1. The van der Waals surface area contributed by atoms with Crippen LogP contribution in [0.2, 0.25) is 0 Å². The van der Waals surface area contributed by atoms with Crippen LogP contribution in [0, 0.1) is 23.6 Å². The molecule has 4 bridgehead atoms. The van der Waals surface area contributed by atoms with Gasteiger partial charge in [-0.25, -0.2) is 4.39 Å². The van der Waals surface area contributed by atoms with Crippen molar-refractivity contribution in [1.29, 1.82) is 0 Å². The fourth-order valence-electron chi connectivity index (χ4n) is 6.50. The number of thioether (sulfide) groups is 1. The highest BCUT2D eigenvalue weighted by Gasteiger charge is 2.51. The highest BCUT2D eigenvalue weighted by atomic mass is 32.2. The van der Waals surface area contributed by atoms with E-state index in [0.717, 1.165) is 37.0 Å². The first-order chi connectivity index (χ1) is 15.9. The predicted molar refractivity (Wildman–Crippen MR) is 124 cm³/mol. The molecule has 2 N–H and O–H groups in total. The van der Waals surface area contributed by atoms with Crippen molar-refractivity contribution in [3.63, 3.8) is 0 Å². The Morgan fingerprint density at radius 1 is 1.09 bits per heavy atom. The van der Waals surface area contributed by atoms with E-state index in [9.17, 15) is 14.0 Å². The molecule has 6 rings (SSSR count). The number of halogens is 1. The zero-order valence-electron chi connectivity index (χ0n) is 18.8. The lowest BCUT2D eigenvalue weighted by Crippen LogP contribution is -2.60. The van der Waals surface area contributed by atoms with Crippen molar-refractivity contribution in [3.05, 3.63) is 35.9 Å². The summed E-state index contributed by atoms with van der Waals surface area (Å²) in [6.45, 7) is 2.52. The minimum absolute atomic E-state index is 0.000777. The van der Waals surface area contributed by atoms with Crippen LogP contribution in [0.1, 0.15) is 51.3 Å². The van der Waals surface area contributed by atoms with E-state index in [2.05, 4.69) is 20.8 Å². The average molecular weight is 472 g/mol. The molecule has 9 heteroatoms. The van der Waals surface area contributed by atoms with Crippen molar-refractivity contribution in [2.24, 2.45) is 17.8 Å². The smallest absolute Gasteiger partial charge is 0.232 e. The maximum atomic E-state index is 13.8. The summed E-state index contributed by atoms with van der Waals surface area (Å²) in [6.07, 6.45) is 7.39. The van der Waals surface area contributed by atoms with Gasteiger partial charge in [-0.3, -0.25) is 9.59 Å². The standard InChI is InChI=1S/C24H30FN5O2S/c1-2-30-20(10-21(31)26-19-6-4-3-5-18(19)25)28-29-23(30)33-14-22(32)27-24-11-15-7-16(12-24)9-17(8-15)13-24/h3-6,15-17H,2,7-14H2,1H3,(H,26,31)(H,27,32). The summed E-state index contributed by atoms with van der Waals surface area (Å²) in [5.41, 5.74) is 0.141. The van der Waals surface area contributed by atoms with E-state index in [1.807, 2.05) is 11.5 Å². The molecule has 1 aromatic heterocycles. The number of nitrogens with one attached hydrogen (secondary N) is 2. The van der Waals surface area contributed by atoms with Crippen molar-refractivity contribution < 1.29 is 14.0 Å². The van der Waals surface area contributed by atoms with Crippen LogP contribution in [0.3, 0.4) is 0 Å². The number of amides is 2. The fraction of sp³-hybridized carbons (Fsp3) is 0.583. The predicted octanol–water partition coefficient (Wildman–Crippen LogP) is 3.80. The molecule has 176 valence electrons. The number of rotatable bonds is 8. The van der Waals surface area contributed by atoms with Gasteiger partial charge in [-0.05, 0) is 75.3 Å². The molecule has 4 fully saturated rings. The molecule has 4 aliphatic carbocycles. The van der Waals surface area contributed by atoms with E-state index >= 15 is 0 Å². The van der Waals surface area contributed by atoms with Crippen molar-refractivity contribution in [1.82, 2.24) is 20.1 Å². The summed E-state index contributed by atoms with van der Waals surface area (Å²) < 4.78 is 15.6. The lowest BCUT2D eigenvalue weighted by atomic mass is 9.53. The highest BCUT2D eigenvalue weighted by molar-refractivity contribution is 7.99. The number of carbonyl (C=O) groups is 2. The summed E-state index contributed by atoms with van der Waals surface area (Å²) in [7, 11) is 0. The number of aromatic nitrogens is 3. The van der Waals surface area contributed by atoms with Crippen molar-refractivity contribution in [2.75, 3.05) is 11.1 Å².